The lowest BCUT2D eigenvalue weighted by atomic mass is 9.87. The van der Waals surface area contributed by atoms with E-state index >= 15 is 0 Å². The number of rotatable bonds is 5. The number of benzene rings is 8. The van der Waals surface area contributed by atoms with Gasteiger partial charge in [0.05, 0.1) is 27.8 Å². The molecule has 0 fully saturated rings. The van der Waals surface area contributed by atoms with Crippen molar-refractivity contribution < 1.29 is 0 Å². The first-order valence-electron chi connectivity index (χ1n) is 18.5. The maximum absolute atomic E-state index is 2.47. The van der Waals surface area contributed by atoms with Crippen LogP contribution in [0.2, 0.25) is 0 Å². The van der Waals surface area contributed by atoms with E-state index in [0.29, 0.717) is 0 Å². The smallest absolute Gasteiger partial charge is 0.0782 e. The minimum absolute atomic E-state index is 0.0195. The van der Waals surface area contributed by atoms with Crippen LogP contribution in [-0.4, -0.2) is 9.13 Å². The van der Waals surface area contributed by atoms with Crippen molar-refractivity contribution in [2.24, 2.45) is 0 Å². The van der Waals surface area contributed by atoms with Crippen molar-refractivity contribution in [1.82, 2.24) is 9.13 Å². The summed E-state index contributed by atoms with van der Waals surface area (Å²) in [7, 11) is 0. The van der Waals surface area contributed by atoms with Gasteiger partial charge in [-0.1, -0.05) is 136 Å². The van der Waals surface area contributed by atoms with Crippen molar-refractivity contribution in [3.05, 3.63) is 188 Å². The van der Waals surface area contributed by atoms with Crippen LogP contribution in [0.3, 0.4) is 0 Å². The molecule has 0 aliphatic rings. The summed E-state index contributed by atoms with van der Waals surface area (Å²) in [6, 6.07) is 66.5. The fourth-order valence-electron chi connectivity index (χ4n) is 8.33. The molecule has 0 aliphatic heterocycles. The van der Waals surface area contributed by atoms with Crippen LogP contribution < -0.4 is 4.90 Å². The third-order valence-corrected chi connectivity index (χ3v) is 10.8. The second-order valence-electron chi connectivity index (χ2n) is 15.1. The molecule has 0 bridgehead atoms. The molecule has 2 aromatic heterocycles. The SMILES string of the molecule is CC(C)(C)c1cccc(-n2c3ccccc3c3cccc(N(c4ccccc4)c4ccc5c6c7ccccc7ccc6n(-c6ccccc6)c5c4)c32)c1. The van der Waals surface area contributed by atoms with E-state index in [-0.39, 0.29) is 5.41 Å². The maximum Gasteiger partial charge on any atom is 0.0782 e. The van der Waals surface area contributed by atoms with Crippen LogP contribution in [0.15, 0.2) is 182 Å². The topological polar surface area (TPSA) is 13.1 Å². The summed E-state index contributed by atoms with van der Waals surface area (Å²) in [5.41, 5.74) is 11.7. The number of hydrogen-bond donors (Lipinski definition) is 0. The molecule has 0 unspecified atom stereocenters. The average molecular weight is 682 g/mol. The Balaban J connectivity index is 1.30. The van der Waals surface area contributed by atoms with Crippen molar-refractivity contribution in [3.8, 4) is 11.4 Å². The Morgan fingerprint density at radius 3 is 1.91 bits per heavy atom. The van der Waals surface area contributed by atoms with E-state index in [1.54, 1.807) is 0 Å². The molecular weight excluding hydrogens is 643 g/mol. The molecule has 0 spiro atoms. The Morgan fingerprint density at radius 1 is 0.415 bits per heavy atom. The lowest BCUT2D eigenvalue weighted by molar-refractivity contribution is 0.590. The molecule has 53 heavy (non-hydrogen) atoms. The van der Waals surface area contributed by atoms with Crippen molar-refractivity contribution in [3.63, 3.8) is 0 Å². The van der Waals surface area contributed by atoms with E-state index < -0.39 is 0 Å². The molecule has 0 saturated carbocycles. The van der Waals surface area contributed by atoms with E-state index in [0.717, 1.165) is 28.4 Å². The van der Waals surface area contributed by atoms with Crippen LogP contribution in [-0.2, 0) is 5.41 Å². The summed E-state index contributed by atoms with van der Waals surface area (Å²) >= 11 is 0. The predicted octanol–water partition coefficient (Wildman–Crippen LogP) is 13.8. The fraction of sp³-hybridized carbons (Fsp3) is 0.0800. The van der Waals surface area contributed by atoms with E-state index in [2.05, 4.69) is 217 Å². The summed E-state index contributed by atoms with van der Waals surface area (Å²) in [5, 5.41) is 7.50. The summed E-state index contributed by atoms with van der Waals surface area (Å²) in [6.07, 6.45) is 0. The highest BCUT2D eigenvalue weighted by molar-refractivity contribution is 6.22. The average Bonchev–Trinajstić information content (AvgIpc) is 3.72. The summed E-state index contributed by atoms with van der Waals surface area (Å²) < 4.78 is 4.90. The second kappa shape index (κ2) is 12.0. The van der Waals surface area contributed by atoms with Gasteiger partial charge in [0.1, 0.15) is 0 Å². The van der Waals surface area contributed by atoms with Gasteiger partial charge in [-0.15, -0.1) is 0 Å². The summed E-state index contributed by atoms with van der Waals surface area (Å²) in [6.45, 7) is 6.86. The molecule has 0 N–H and O–H groups in total. The van der Waals surface area contributed by atoms with Crippen LogP contribution in [0.5, 0.6) is 0 Å². The van der Waals surface area contributed by atoms with Gasteiger partial charge in [0.2, 0.25) is 0 Å². The van der Waals surface area contributed by atoms with Gasteiger partial charge < -0.3 is 14.0 Å². The Hall–Kier alpha value is -6.58. The first kappa shape index (κ1) is 31.2. The Kier molecular flexibility index (Phi) is 7.06. The minimum Gasteiger partial charge on any atom is -0.309 e. The molecule has 10 aromatic rings. The van der Waals surface area contributed by atoms with Crippen molar-refractivity contribution in [2.45, 2.75) is 26.2 Å². The standard InChI is InChI=1S/C50H39N3/c1-50(2,3)35-17-14-22-38(32-35)53-44-26-13-12-24-41(44)42-25-15-27-46(49(42)53)51(36-18-6-4-7-19-36)39-29-30-43-47(33-39)52(37-20-8-5-9-21-37)45-31-28-34-16-10-11-23-40(34)48(43)45/h4-33H,1-3H3. The van der Waals surface area contributed by atoms with Gasteiger partial charge in [0.25, 0.3) is 0 Å². The number of aromatic nitrogens is 2. The van der Waals surface area contributed by atoms with E-state index in [9.17, 15) is 0 Å². The molecule has 0 saturated heterocycles. The molecule has 0 radical (unpaired) electrons. The largest absolute Gasteiger partial charge is 0.309 e. The molecule has 10 rings (SSSR count). The first-order valence-corrected chi connectivity index (χ1v) is 18.5. The highest BCUT2D eigenvalue weighted by Gasteiger charge is 2.24. The van der Waals surface area contributed by atoms with E-state index in [1.165, 1.54) is 59.9 Å². The normalized spacial score (nSPS) is 12.1. The molecule has 254 valence electrons. The van der Waals surface area contributed by atoms with Crippen LogP contribution in [0, 0.1) is 0 Å². The lowest BCUT2D eigenvalue weighted by Crippen LogP contribution is -2.13. The molecule has 2 heterocycles. The molecular formula is C50H39N3. The van der Waals surface area contributed by atoms with Gasteiger partial charge >= 0.3 is 0 Å². The monoisotopic (exact) mass is 681 g/mol. The molecule has 3 heteroatoms. The molecule has 0 aliphatic carbocycles. The van der Waals surface area contributed by atoms with Crippen LogP contribution in [0.25, 0.3) is 65.8 Å². The summed E-state index contributed by atoms with van der Waals surface area (Å²) in [5.74, 6) is 0. The number of para-hydroxylation sites is 4. The van der Waals surface area contributed by atoms with Crippen molar-refractivity contribution in [1.29, 1.82) is 0 Å². The Morgan fingerprint density at radius 2 is 1.09 bits per heavy atom. The quantitative estimate of drug-likeness (QED) is 0.176. The highest BCUT2D eigenvalue weighted by Crippen LogP contribution is 2.45. The zero-order valence-corrected chi connectivity index (χ0v) is 30.2. The molecule has 0 atom stereocenters. The fourth-order valence-corrected chi connectivity index (χ4v) is 8.33. The van der Waals surface area contributed by atoms with Gasteiger partial charge in [-0.3, -0.25) is 0 Å². The lowest BCUT2D eigenvalue weighted by Gasteiger charge is -2.27. The van der Waals surface area contributed by atoms with Gasteiger partial charge in [0, 0.05) is 44.3 Å². The Labute approximate surface area is 309 Å². The van der Waals surface area contributed by atoms with Gasteiger partial charge in [-0.05, 0) is 88.5 Å². The van der Waals surface area contributed by atoms with E-state index in [1.807, 2.05) is 0 Å². The van der Waals surface area contributed by atoms with Crippen LogP contribution >= 0.6 is 0 Å². The number of nitrogens with zero attached hydrogens (tertiary/aromatic N) is 3. The molecule has 0 amide bonds. The maximum atomic E-state index is 2.47. The van der Waals surface area contributed by atoms with Crippen molar-refractivity contribution >= 4 is 71.4 Å². The van der Waals surface area contributed by atoms with Crippen LogP contribution in [0.4, 0.5) is 17.1 Å². The highest BCUT2D eigenvalue weighted by atomic mass is 15.2. The third-order valence-electron chi connectivity index (χ3n) is 10.8. The number of anilines is 3. The zero-order valence-electron chi connectivity index (χ0n) is 30.2. The Bertz CT molecular complexity index is 2980. The van der Waals surface area contributed by atoms with E-state index in [4.69, 9.17) is 0 Å². The summed E-state index contributed by atoms with van der Waals surface area (Å²) in [4.78, 5) is 2.44. The first-order chi connectivity index (χ1) is 26.0. The number of hydrogen-bond acceptors (Lipinski definition) is 1. The number of fused-ring (bicyclic) bond motifs is 8. The molecule has 3 nitrogen and oxygen atoms in total. The van der Waals surface area contributed by atoms with Gasteiger partial charge in [-0.25, -0.2) is 0 Å². The molecule has 8 aromatic carbocycles. The predicted molar refractivity (Wildman–Crippen MR) is 226 cm³/mol. The minimum atomic E-state index is 0.0195. The second-order valence-corrected chi connectivity index (χ2v) is 15.1. The van der Waals surface area contributed by atoms with Crippen LogP contribution in [0.1, 0.15) is 26.3 Å². The zero-order chi connectivity index (χ0) is 35.7. The van der Waals surface area contributed by atoms with Gasteiger partial charge in [0.15, 0.2) is 0 Å². The van der Waals surface area contributed by atoms with Crippen molar-refractivity contribution in [2.75, 3.05) is 4.90 Å². The third kappa shape index (κ3) is 4.96. The van der Waals surface area contributed by atoms with Gasteiger partial charge in [-0.2, -0.15) is 0 Å².